The van der Waals surface area contributed by atoms with Gasteiger partial charge in [0, 0.05) is 31.2 Å². The van der Waals surface area contributed by atoms with Crippen LogP contribution in [0, 0.1) is 0 Å². The van der Waals surface area contributed by atoms with E-state index in [0.717, 1.165) is 63.9 Å². The lowest BCUT2D eigenvalue weighted by Gasteiger charge is -2.40. The summed E-state index contributed by atoms with van der Waals surface area (Å²) in [6.45, 7) is 7.96. The average Bonchev–Trinajstić information content (AvgIpc) is 2.84. The normalized spacial score (nSPS) is 18.6. The molecule has 6 heteroatoms. The first kappa shape index (κ1) is 21.8. The minimum Gasteiger partial charge on any atom is -0.457 e. The number of rotatable bonds is 8. The number of amides is 1. The van der Waals surface area contributed by atoms with Crippen LogP contribution in [0.4, 0.5) is 0 Å². The molecule has 31 heavy (non-hydrogen) atoms. The smallest absolute Gasteiger partial charge is 0.251 e. The third-order valence-corrected chi connectivity index (χ3v) is 6.15. The fraction of sp³-hybridized carbons (Fsp3) is 0.480. The zero-order chi connectivity index (χ0) is 21.3. The molecule has 6 nitrogen and oxygen atoms in total. The highest BCUT2D eigenvalue weighted by molar-refractivity contribution is 5.94. The van der Waals surface area contributed by atoms with Crippen LogP contribution in [0.25, 0.3) is 0 Å². The van der Waals surface area contributed by atoms with Crippen molar-refractivity contribution in [2.75, 3.05) is 52.5 Å². The van der Waals surface area contributed by atoms with Crippen molar-refractivity contribution in [3.63, 3.8) is 0 Å². The van der Waals surface area contributed by atoms with Crippen LogP contribution in [0.3, 0.4) is 0 Å². The summed E-state index contributed by atoms with van der Waals surface area (Å²) in [7, 11) is 0. The molecule has 1 amide bonds. The van der Waals surface area contributed by atoms with E-state index in [1.807, 2.05) is 54.6 Å². The SMILES string of the molecule is O=C(NCCCN1CCC(N2CCOCC2)CC1)c1ccc(Oc2ccccc2)cc1. The van der Waals surface area contributed by atoms with Gasteiger partial charge in [0.15, 0.2) is 0 Å². The molecule has 2 saturated heterocycles. The molecule has 0 atom stereocenters. The van der Waals surface area contributed by atoms with Crippen molar-refractivity contribution in [1.82, 2.24) is 15.1 Å². The van der Waals surface area contributed by atoms with E-state index in [9.17, 15) is 4.79 Å². The number of carbonyl (C=O) groups excluding carboxylic acids is 1. The molecular formula is C25H33N3O3. The number of likely N-dealkylation sites (tertiary alicyclic amines) is 1. The third-order valence-electron chi connectivity index (χ3n) is 6.15. The predicted octanol–water partition coefficient (Wildman–Crippen LogP) is 3.40. The Morgan fingerprint density at radius 1 is 0.935 bits per heavy atom. The van der Waals surface area contributed by atoms with Crippen LogP contribution in [0.1, 0.15) is 29.6 Å². The first-order valence-corrected chi connectivity index (χ1v) is 11.4. The van der Waals surface area contributed by atoms with Crippen molar-refractivity contribution < 1.29 is 14.3 Å². The Balaban J connectivity index is 1.12. The molecule has 2 fully saturated rings. The second-order valence-corrected chi connectivity index (χ2v) is 8.27. The molecule has 166 valence electrons. The van der Waals surface area contributed by atoms with E-state index >= 15 is 0 Å². The topological polar surface area (TPSA) is 54.0 Å². The van der Waals surface area contributed by atoms with E-state index in [1.165, 1.54) is 12.8 Å². The molecule has 2 aliphatic rings. The second kappa shape index (κ2) is 11.3. The van der Waals surface area contributed by atoms with E-state index in [4.69, 9.17) is 9.47 Å². The first-order valence-electron chi connectivity index (χ1n) is 11.4. The number of para-hydroxylation sites is 1. The molecule has 2 heterocycles. The van der Waals surface area contributed by atoms with Crippen LogP contribution in [-0.2, 0) is 4.74 Å². The zero-order valence-electron chi connectivity index (χ0n) is 18.2. The molecule has 4 rings (SSSR count). The number of piperidine rings is 1. The Morgan fingerprint density at radius 2 is 1.61 bits per heavy atom. The van der Waals surface area contributed by atoms with Crippen LogP contribution < -0.4 is 10.1 Å². The second-order valence-electron chi connectivity index (χ2n) is 8.27. The molecule has 0 bridgehead atoms. The number of carbonyl (C=O) groups is 1. The number of hydrogen-bond acceptors (Lipinski definition) is 5. The number of benzene rings is 2. The molecule has 2 aromatic carbocycles. The summed E-state index contributed by atoms with van der Waals surface area (Å²) in [6.07, 6.45) is 3.46. The largest absolute Gasteiger partial charge is 0.457 e. The van der Waals surface area contributed by atoms with Gasteiger partial charge in [-0.3, -0.25) is 9.69 Å². The van der Waals surface area contributed by atoms with Crippen molar-refractivity contribution in [3.8, 4) is 11.5 Å². The van der Waals surface area contributed by atoms with Gasteiger partial charge < -0.3 is 19.7 Å². The van der Waals surface area contributed by atoms with Gasteiger partial charge in [0.05, 0.1) is 13.2 Å². The van der Waals surface area contributed by atoms with Crippen molar-refractivity contribution >= 4 is 5.91 Å². The number of nitrogens with zero attached hydrogens (tertiary/aromatic N) is 2. The van der Waals surface area contributed by atoms with Crippen LogP contribution >= 0.6 is 0 Å². The molecule has 2 aliphatic heterocycles. The van der Waals surface area contributed by atoms with Crippen LogP contribution in [-0.4, -0.2) is 74.2 Å². The summed E-state index contributed by atoms with van der Waals surface area (Å²) < 4.78 is 11.2. The van der Waals surface area contributed by atoms with Crippen LogP contribution in [0.15, 0.2) is 54.6 Å². The lowest BCUT2D eigenvalue weighted by atomic mass is 10.0. The van der Waals surface area contributed by atoms with Gasteiger partial charge in [-0.05, 0) is 75.3 Å². The quantitative estimate of drug-likeness (QED) is 0.660. The molecule has 0 saturated carbocycles. The highest BCUT2D eigenvalue weighted by Gasteiger charge is 2.25. The summed E-state index contributed by atoms with van der Waals surface area (Å²) in [5, 5.41) is 3.04. The number of morpholine rings is 1. The number of ether oxygens (including phenoxy) is 2. The van der Waals surface area contributed by atoms with Gasteiger partial charge in [-0.1, -0.05) is 18.2 Å². The molecule has 0 spiro atoms. The predicted molar refractivity (Wildman–Crippen MR) is 122 cm³/mol. The van der Waals surface area contributed by atoms with Gasteiger partial charge in [0.1, 0.15) is 11.5 Å². The third kappa shape index (κ3) is 6.53. The lowest BCUT2D eigenvalue weighted by Crippen LogP contribution is -2.49. The minimum atomic E-state index is -0.0303. The Labute approximate surface area is 185 Å². The maximum atomic E-state index is 12.4. The van der Waals surface area contributed by atoms with Crippen molar-refractivity contribution in [2.24, 2.45) is 0 Å². The number of hydrogen-bond donors (Lipinski definition) is 1. The van der Waals surface area contributed by atoms with Gasteiger partial charge in [-0.25, -0.2) is 0 Å². The Bertz CT molecular complexity index is 799. The summed E-state index contributed by atoms with van der Waals surface area (Å²) in [4.78, 5) is 17.5. The first-order chi connectivity index (χ1) is 15.3. The van der Waals surface area contributed by atoms with Gasteiger partial charge in [0.25, 0.3) is 5.91 Å². The maximum absolute atomic E-state index is 12.4. The summed E-state index contributed by atoms with van der Waals surface area (Å²) in [5.74, 6) is 1.48. The molecule has 0 unspecified atom stereocenters. The fourth-order valence-corrected chi connectivity index (χ4v) is 4.36. The lowest BCUT2D eigenvalue weighted by molar-refractivity contribution is 0.000859. The van der Waals surface area contributed by atoms with Crippen molar-refractivity contribution in [2.45, 2.75) is 25.3 Å². The van der Waals surface area contributed by atoms with Gasteiger partial charge in [-0.15, -0.1) is 0 Å². The highest BCUT2D eigenvalue weighted by atomic mass is 16.5. The van der Waals surface area contributed by atoms with Crippen molar-refractivity contribution in [3.05, 3.63) is 60.2 Å². The van der Waals surface area contributed by atoms with Gasteiger partial charge in [0.2, 0.25) is 0 Å². The summed E-state index contributed by atoms with van der Waals surface area (Å²) >= 11 is 0. The standard InChI is InChI=1S/C25H33N3O3/c29-25(21-7-9-24(10-8-21)31-23-5-2-1-3-6-23)26-13-4-14-27-15-11-22(12-16-27)28-17-19-30-20-18-28/h1-3,5-10,22H,4,11-20H2,(H,26,29). The minimum absolute atomic E-state index is 0.0303. The molecule has 0 radical (unpaired) electrons. The Hall–Kier alpha value is -2.41. The van der Waals surface area contributed by atoms with Crippen LogP contribution in [0.2, 0.25) is 0 Å². The zero-order valence-corrected chi connectivity index (χ0v) is 18.2. The molecule has 2 aromatic rings. The molecule has 1 N–H and O–H groups in total. The van der Waals surface area contributed by atoms with Crippen LogP contribution in [0.5, 0.6) is 11.5 Å². The maximum Gasteiger partial charge on any atom is 0.251 e. The average molecular weight is 424 g/mol. The Kier molecular flexibility index (Phi) is 7.93. The highest BCUT2D eigenvalue weighted by Crippen LogP contribution is 2.21. The van der Waals surface area contributed by atoms with E-state index in [-0.39, 0.29) is 5.91 Å². The summed E-state index contributed by atoms with van der Waals surface area (Å²) in [5.41, 5.74) is 0.659. The van der Waals surface area contributed by atoms with E-state index in [1.54, 1.807) is 0 Å². The number of nitrogens with one attached hydrogen (secondary N) is 1. The molecule has 0 aliphatic carbocycles. The summed E-state index contributed by atoms with van der Waals surface area (Å²) in [6, 6.07) is 17.6. The van der Waals surface area contributed by atoms with Gasteiger partial charge >= 0.3 is 0 Å². The van der Waals surface area contributed by atoms with E-state index in [2.05, 4.69) is 15.1 Å². The fourth-order valence-electron chi connectivity index (χ4n) is 4.36. The van der Waals surface area contributed by atoms with Crippen molar-refractivity contribution in [1.29, 1.82) is 0 Å². The van der Waals surface area contributed by atoms with Gasteiger partial charge in [-0.2, -0.15) is 0 Å². The Morgan fingerprint density at radius 3 is 2.32 bits per heavy atom. The van der Waals surface area contributed by atoms with E-state index in [0.29, 0.717) is 18.2 Å². The molecule has 0 aromatic heterocycles. The van der Waals surface area contributed by atoms with E-state index < -0.39 is 0 Å². The monoisotopic (exact) mass is 423 g/mol. The molecular weight excluding hydrogens is 390 g/mol.